The fourth-order valence-electron chi connectivity index (χ4n) is 2.53. The Morgan fingerprint density at radius 3 is 2.52 bits per heavy atom. The molecule has 0 fully saturated rings. The van der Waals surface area contributed by atoms with E-state index in [1.807, 2.05) is 6.92 Å². The number of halogens is 1. The van der Waals surface area contributed by atoms with Crippen molar-refractivity contribution in [3.8, 4) is 17.2 Å². The minimum absolute atomic E-state index is 0.170. The van der Waals surface area contributed by atoms with E-state index < -0.39 is 5.97 Å². The van der Waals surface area contributed by atoms with E-state index in [1.165, 1.54) is 7.11 Å². The van der Waals surface area contributed by atoms with Gasteiger partial charge < -0.3 is 18.9 Å². The molecule has 2 aromatic carbocycles. The number of methoxy groups -OCH3 is 2. The second kappa shape index (κ2) is 8.14. The molecule has 1 heterocycles. The lowest BCUT2D eigenvalue weighted by Gasteiger charge is -2.11. The first kappa shape index (κ1) is 18.8. The van der Waals surface area contributed by atoms with Crippen molar-refractivity contribution in [1.29, 1.82) is 0 Å². The monoisotopic (exact) mass is 387 g/mol. The van der Waals surface area contributed by atoms with E-state index in [2.05, 4.69) is 4.99 Å². The number of nitrogens with zero attached hydrogens (tertiary/aromatic N) is 1. The van der Waals surface area contributed by atoms with Gasteiger partial charge in [0.15, 0.2) is 17.2 Å². The zero-order chi connectivity index (χ0) is 19.4. The zero-order valence-corrected chi connectivity index (χ0v) is 15.9. The van der Waals surface area contributed by atoms with Crippen molar-refractivity contribution in [1.82, 2.24) is 0 Å². The van der Waals surface area contributed by atoms with Crippen LogP contribution >= 0.6 is 11.6 Å². The summed E-state index contributed by atoms with van der Waals surface area (Å²) in [5.41, 5.74) is 1.49. The fourth-order valence-corrected chi connectivity index (χ4v) is 2.81. The molecule has 0 aliphatic carbocycles. The quantitative estimate of drug-likeness (QED) is 0.551. The van der Waals surface area contributed by atoms with Crippen molar-refractivity contribution >= 4 is 29.5 Å². The highest BCUT2D eigenvalue weighted by Gasteiger charge is 2.24. The first-order chi connectivity index (χ1) is 13.0. The van der Waals surface area contributed by atoms with Gasteiger partial charge in [-0.1, -0.05) is 11.6 Å². The fraction of sp³-hybridized carbons (Fsp3) is 0.200. The highest BCUT2D eigenvalue weighted by Crippen LogP contribution is 2.37. The molecule has 0 N–H and O–H groups in total. The number of hydrogen-bond acceptors (Lipinski definition) is 6. The Morgan fingerprint density at radius 1 is 1.15 bits per heavy atom. The number of rotatable bonds is 6. The molecule has 0 bridgehead atoms. The van der Waals surface area contributed by atoms with Crippen molar-refractivity contribution < 1.29 is 23.7 Å². The Morgan fingerprint density at radius 2 is 1.89 bits per heavy atom. The molecule has 0 saturated heterocycles. The van der Waals surface area contributed by atoms with Gasteiger partial charge in [-0.05, 0) is 55.0 Å². The minimum atomic E-state index is -0.537. The van der Waals surface area contributed by atoms with Crippen molar-refractivity contribution in [2.45, 2.75) is 6.92 Å². The van der Waals surface area contributed by atoms with Gasteiger partial charge in [-0.3, -0.25) is 0 Å². The third kappa shape index (κ3) is 4.06. The van der Waals surface area contributed by atoms with Crippen molar-refractivity contribution in [3.05, 3.63) is 58.2 Å². The molecule has 0 spiro atoms. The lowest BCUT2D eigenvalue weighted by molar-refractivity contribution is -0.129. The molecule has 6 nitrogen and oxygen atoms in total. The SMILES string of the molecule is CCOc1c(Cl)cc(/C=C2/N=C(c3ccc(OC)cc3)OC2=O)cc1OC. The average molecular weight is 388 g/mol. The summed E-state index contributed by atoms with van der Waals surface area (Å²) in [7, 11) is 3.11. The van der Waals surface area contributed by atoms with Crippen LogP contribution in [0.5, 0.6) is 17.2 Å². The third-order valence-corrected chi connectivity index (χ3v) is 4.08. The number of cyclic esters (lactones) is 1. The number of esters is 1. The molecule has 0 aromatic heterocycles. The zero-order valence-electron chi connectivity index (χ0n) is 15.1. The Bertz CT molecular complexity index is 919. The molecule has 0 unspecified atom stereocenters. The van der Waals surface area contributed by atoms with E-state index in [1.54, 1.807) is 49.6 Å². The second-order valence-corrected chi connectivity index (χ2v) is 5.94. The molecule has 1 aliphatic rings. The molecular weight excluding hydrogens is 370 g/mol. The maximum Gasteiger partial charge on any atom is 0.363 e. The molecule has 0 saturated carbocycles. The number of ether oxygens (including phenoxy) is 4. The van der Waals surface area contributed by atoms with E-state index in [4.69, 9.17) is 30.5 Å². The molecule has 2 aromatic rings. The van der Waals surface area contributed by atoms with Crippen LogP contribution in [0, 0.1) is 0 Å². The summed E-state index contributed by atoms with van der Waals surface area (Å²) in [6.45, 7) is 2.31. The summed E-state index contributed by atoms with van der Waals surface area (Å²) >= 11 is 6.27. The van der Waals surface area contributed by atoms with Crippen LogP contribution in [0.4, 0.5) is 0 Å². The van der Waals surface area contributed by atoms with Gasteiger partial charge in [0.05, 0.1) is 25.8 Å². The van der Waals surface area contributed by atoms with Crippen LogP contribution < -0.4 is 14.2 Å². The molecular formula is C20H18ClNO5. The number of hydrogen-bond donors (Lipinski definition) is 0. The molecule has 0 amide bonds. The van der Waals surface area contributed by atoms with Crippen molar-refractivity contribution in [3.63, 3.8) is 0 Å². The standard InChI is InChI=1S/C20H18ClNO5/c1-4-26-18-15(21)9-12(11-17(18)25-3)10-16-20(23)27-19(22-16)13-5-7-14(24-2)8-6-13/h5-11H,4H2,1-3H3/b16-10+. The van der Waals surface area contributed by atoms with E-state index in [0.29, 0.717) is 40.0 Å². The summed E-state index contributed by atoms with van der Waals surface area (Å²) < 4.78 is 21.2. The number of carbonyl (C=O) groups excluding carboxylic acids is 1. The van der Waals surface area contributed by atoms with Crippen LogP contribution in [0.2, 0.25) is 5.02 Å². The number of aliphatic imine (C=N–C) groups is 1. The van der Waals surface area contributed by atoms with Crippen LogP contribution in [0.15, 0.2) is 47.1 Å². The van der Waals surface area contributed by atoms with Crippen molar-refractivity contribution in [2.75, 3.05) is 20.8 Å². The topological polar surface area (TPSA) is 66.3 Å². The Hall–Kier alpha value is -2.99. The van der Waals surface area contributed by atoms with Crippen LogP contribution in [0.1, 0.15) is 18.1 Å². The van der Waals surface area contributed by atoms with Crippen molar-refractivity contribution in [2.24, 2.45) is 4.99 Å². The van der Waals surface area contributed by atoms with Gasteiger partial charge in [0, 0.05) is 5.56 Å². The lowest BCUT2D eigenvalue weighted by Crippen LogP contribution is -2.05. The largest absolute Gasteiger partial charge is 0.497 e. The van der Waals surface area contributed by atoms with Crippen LogP contribution in [-0.4, -0.2) is 32.7 Å². The predicted molar refractivity (Wildman–Crippen MR) is 103 cm³/mol. The summed E-state index contributed by atoms with van der Waals surface area (Å²) in [5.74, 6) is 1.33. The molecule has 0 atom stereocenters. The highest BCUT2D eigenvalue weighted by molar-refractivity contribution is 6.32. The predicted octanol–water partition coefficient (Wildman–Crippen LogP) is 4.10. The first-order valence-electron chi connectivity index (χ1n) is 8.23. The van der Waals surface area contributed by atoms with Gasteiger partial charge in [-0.2, -0.15) is 0 Å². The third-order valence-electron chi connectivity index (χ3n) is 3.80. The maximum absolute atomic E-state index is 12.2. The van der Waals surface area contributed by atoms with Gasteiger partial charge in [0.1, 0.15) is 5.75 Å². The van der Waals surface area contributed by atoms with E-state index >= 15 is 0 Å². The summed E-state index contributed by atoms with van der Waals surface area (Å²) in [6.07, 6.45) is 1.59. The molecule has 140 valence electrons. The van der Waals surface area contributed by atoms with Crippen LogP contribution in [-0.2, 0) is 9.53 Å². The minimum Gasteiger partial charge on any atom is -0.497 e. The van der Waals surface area contributed by atoms with Gasteiger partial charge in [0.25, 0.3) is 0 Å². The van der Waals surface area contributed by atoms with Gasteiger partial charge in [-0.15, -0.1) is 0 Å². The summed E-state index contributed by atoms with van der Waals surface area (Å²) in [4.78, 5) is 16.5. The summed E-state index contributed by atoms with van der Waals surface area (Å²) in [6, 6.07) is 10.5. The van der Waals surface area contributed by atoms with Crippen LogP contribution in [0.25, 0.3) is 6.08 Å². The number of carbonyl (C=O) groups is 1. The summed E-state index contributed by atoms with van der Waals surface area (Å²) in [5, 5.41) is 0.383. The average Bonchev–Trinajstić information content (AvgIpc) is 3.04. The van der Waals surface area contributed by atoms with Crippen LogP contribution in [0.3, 0.4) is 0 Å². The van der Waals surface area contributed by atoms with Gasteiger partial charge >= 0.3 is 5.97 Å². The maximum atomic E-state index is 12.2. The normalized spacial score (nSPS) is 14.7. The second-order valence-electron chi connectivity index (χ2n) is 5.53. The number of benzene rings is 2. The smallest absolute Gasteiger partial charge is 0.363 e. The highest BCUT2D eigenvalue weighted by atomic mass is 35.5. The van der Waals surface area contributed by atoms with Gasteiger partial charge in [-0.25, -0.2) is 9.79 Å². The van der Waals surface area contributed by atoms with E-state index in [0.717, 1.165) is 0 Å². The molecule has 0 radical (unpaired) electrons. The molecule has 27 heavy (non-hydrogen) atoms. The molecule has 1 aliphatic heterocycles. The van der Waals surface area contributed by atoms with E-state index in [-0.39, 0.29) is 11.6 Å². The Labute approximate surface area is 162 Å². The Balaban J connectivity index is 1.93. The van der Waals surface area contributed by atoms with E-state index in [9.17, 15) is 4.79 Å². The van der Waals surface area contributed by atoms with Gasteiger partial charge in [0.2, 0.25) is 5.90 Å². The molecule has 3 rings (SSSR count). The Kier molecular flexibility index (Phi) is 5.66. The lowest BCUT2D eigenvalue weighted by atomic mass is 10.1. The molecule has 7 heteroatoms. The first-order valence-corrected chi connectivity index (χ1v) is 8.60.